The molecule has 31 heavy (non-hydrogen) atoms. The summed E-state index contributed by atoms with van der Waals surface area (Å²) >= 11 is 0. The molecule has 1 aromatic rings. The summed E-state index contributed by atoms with van der Waals surface area (Å²) in [5.74, 6) is 3.30. The van der Waals surface area contributed by atoms with Crippen LogP contribution in [0, 0.1) is 17.8 Å². The summed E-state index contributed by atoms with van der Waals surface area (Å²) in [6.07, 6.45) is 18.3. The Bertz CT molecular complexity index is 590. The maximum atomic E-state index is 12.2. The van der Waals surface area contributed by atoms with Gasteiger partial charge in [0.15, 0.2) is 0 Å². The number of ether oxygens (including phenoxy) is 1. The molecule has 0 atom stereocenters. The third-order valence-corrected chi connectivity index (χ3v) is 11.7. The minimum Gasteiger partial charge on any atom is -0.435 e. The van der Waals surface area contributed by atoms with E-state index in [1.54, 1.807) is 43.1 Å². The van der Waals surface area contributed by atoms with Crippen molar-refractivity contribution in [1.29, 1.82) is 0 Å². The van der Waals surface area contributed by atoms with Crippen molar-refractivity contribution in [3.05, 3.63) is 29.8 Å². The van der Waals surface area contributed by atoms with Gasteiger partial charge >= 0.3 is 6.61 Å². The molecular formula is C27H44F2OSi. The molecule has 0 radical (unpaired) electrons. The normalized spacial score (nSPS) is 26.8. The highest BCUT2D eigenvalue weighted by atomic mass is 28.3. The van der Waals surface area contributed by atoms with E-state index in [0.29, 0.717) is 0 Å². The summed E-state index contributed by atoms with van der Waals surface area (Å²) in [5, 5.41) is 0. The third kappa shape index (κ3) is 8.86. The highest BCUT2D eigenvalue weighted by Crippen LogP contribution is 2.42. The maximum absolute atomic E-state index is 12.2. The first-order valence-corrected chi connectivity index (χ1v) is 15.6. The summed E-state index contributed by atoms with van der Waals surface area (Å²) in [6, 6.07) is 12.1. The topological polar surface area (TPSA) is 9.23 Å². The van der Waals surface area contributed by atoms with Crippen molar-refractivity contribution in [2.75, 3.05) is 0 Å². The quantitative estimate of drug-likeness (QED) is 0.229. The molecule has 0 bridgehead atoms. The number of halogens is 2. The number of benzene rings is 1. The number of hydrogen-bond donors (Lipinski definition) is 0. The zero-order valence-corrected chi connectivity index (χ0v) is 20.8. The second-order valence-corrected chi connectivity index (χ2v) is 13.8. The molecule has 1 aliphatic heterocycles. The molecular weight excluding hydrogens is 406 g/mol. The molecule has 2 fully saturated rings. The van der Waals surface area contributed by atoms with Gasteiger partial charge in [-0.2, -0.15) is 8.78 Å². The minimum atomic E-state index is -2.74. The van der Waals surface area contributed by atoms with Crippen LogP contribution in [0.1, 0.15) is 89.5 Å². The van der Waals surface area contributed by atoms with E-state index in [-0.39, 0.29) is 14.5 Å². The molecule has 4 heteroatoms. The Morgan fingerprint density at radius 1 is 0.871 bits per heavy atom. The Hall–Kier alpha value is -0.903. The van der Waals surface area contributed by atoms with Gasteiger partial charge in [-0.25, -0.2) is 0 Å². The summed E-state index contributed by atoms with van der Waals surface area (Å²) in [4.78, 5) is 0. The van der Waals surface area contributed by atoms with Crippen molar-refractivity contribution < 1.29 is 13.5 Å². The van der Waals surface area contributed by atoms with Crippen LogP contribution in [-0.4, -0.2) is 15.4 Å². The first-order chi connectivity index (χ1) is 15.1. The van der Waals surface area contributed by atoms with Gasteiger partial charge < -0.3 is 4.74 Å². The van der Waals surface area contributed by atoms with Crippen LogP contribution < -0.4 is 4.74 Å². The van der Waals surface area contributed by atoms with Gasteiger partial charge in [0.05, 0.1) is 0 Å². The number of hydrogen-bond acceptors (Lipinski definition) is 1. The fraction of sp³-hybridized carbons (Fsp3) is 0.778. The molecule has 1 nitrogen and oxygen atoms in total. The van der Waals surface area contributed by atoms with Gasteiger partial charge in [-0.15, -0.1) is 0 Å². The SMILES string of the molecule is CCCCC[Si@H]1CC[C@H]([C@H]2CC[C@H](CCCCc3ccc(OC(F)F)cc3)CC2)CC1. The highest BCUT2D eigenvalue weighted by Gasteiger charge is 2.30. The lowest BCUT2D eigenvalue weighted by molar-refractivity contribution is -0.0498. The Labute approximate surface area is 191 Å². The van der Waals surface area contributed by atoms with E-state index in [1.165, 1.54) is 69.8 Å². The Morgan fingerprint density at radius 2 is 1.55 bits per heavy atom. The Kier molecular flexibility index (Phi) is 10.9. The fourth-order valence-corrected chi connectivity index (χ4v) is 9.71. The van der Waals surface area contributed by atoms with Crippen LogP contribution in [0.3, 0.4) is 0 Å². The fourth-order valence-electron chi connectivity index (χ4n) is 6.18. The smallest absolute Gasteiger partial charge is 0.387 e. The van der Waals surface area contributed by atoms with Crippen LogP contribution >= 0.6 is 0 Å². The Balaban J connectivity index is 1.25. The molecule has 0 aromatic heterocycles. The van der Waals surface area contributed by atoms with Gasteiger partial charge in [-0.1, -0.05) is 95.0 Å². The Morgan fingerprint density at radius 3 is 2.19 bits per heavy atom. The second-order valence-electron chi connectivity index (χ2n) is 10.3. The van der Waals surface area contributed by atoms with Crippen LogP contribution in [0.15, 0.2) is 24.3 Å². The van der Waals surface area contributed by atoms with Gasteiger partial charge in [0.1, 0.15) is 5.75 Å². The van der Waals surface area contributed by atoms with Gasteiger partial charge in [-0.3, -0.25) is 0 Å². The van der Waals surface area contributed by atoms with Gasteiger partial charge in [0.2, 0.25) is 0 Å². The molecule has 1 aliphatic carbocycles. The first kappa shape index (κ1) is 24.7. The first-order valence-electron chi connectivity index (χ1n) is 13.2. The molecule has 1 aromatic carbocycles. The standard InChI is InChI=1S/C27H44F2OSi/c1-2-3-6-19-31-20-17-25(18-21-31)24-13-9-22(10-14-24)7-4-5-8-23-11-15-26(16-12-23)30-27(28)29/h11-12,15-16,22,24-25,27,31H,2-10,13-14,17-21H2,1H3/t22-,24-,25-,31-. The molecule has 0 spiro atoms. The lowest BCUT2D eigenvalue weighted by Crippen LogP contribution is -2.28. The molecule has 3 rings (SSSR count). The molecule has 1 saturated carbocycles. The number of unbranched alkanes of at least 4 members (excludes halogenated alkanes) is 3. The zero-order chi connectivity index (χ0) is 21.9. The van der Waals surface area contributed by atoms with E-state index in [9.17, 15) is 8.78 Å². The summed E-state index contributed by atoms with van der Waals surface area (Å²) in [6.45, 7) is -0.419. The molecule has 2 aliphatic rings. The third-order valence-electron chi connectivity index (χ3n) is 8.14. The predicted octanol–water partition coefficient (Wildman–Crippen LogP) is 8.63. The highest BCUT2D eigenvalue weighted by molar-refractivity contribution is 6.58. The van der Waals surface area contributed by atoms with Crippen molar-refractivity contribution in [1.82, 2.24) is 0 Å². The second kappa shape index (κ2) is 13.6. The van der Waals surface area contributed by atoms with Crippen LogP contribution in [-0.2, 0) is 6.42 Å². The number of aryl methyl sites for hydroxylation is 1. The van der Waals surface area contributed by atoms with Crippen molar-refractivity contribution in [2.24, 2.45) is 17.8 Å². The lowest BCUT2D eigenvalue weighted by Gasteiger charge is -2.37. The maximum Gasteiger partial charge on any atom is 0.387 e. The predicted molar refractivity (Wildman–Crippen MR) is 130 cm³/mol. The lowest BCUT2D eigenvalue weighted by atomic mass is 9.73. The van der Waals surface area contributed by atoms with E-state index >= 15 is 0 Å². The molecule has 0 unspecified atom stereocenters. The molecule has 0 N–H and O–H groups in total. The van der Waals surface area contributed by atoms with Crippen LogP contribution in [0.5, 0.6) is 5.75 Å². The molecule has 1 heterocycles. The van der Waals surface area contributed by atoms with Gasteiger partial charge in [0.25, 0.3) is 0 Å². The van der Waals surface area contributed by atoms with E-state index in [1.807, 2.05) is 12.1 Å². The van der Waals surface area contributed by atoms with E-state index < -0.39 is 6.61 Å². The molecule has 0 amide bonds. The number of alkyl halides is 2. The minimum absolute atomic E-state index is 0.253. The molecule has 1 saturated heterocycles. The summed E-state index contributed by atoms with van der Waals surface area (Å²) in [5.41, 5.74) is 1.22. The van der Waals surface area contributed by atoms with Crippen LogP contribution in [0.2, 0.25) is 18.1 Å². The van der Waals surface area contributed by atoms with Crippen LogP contribution in [0.4, 0.5) is 8.78 Å². The zero-order valence-electron chi connectivity index (χ0n) is 19.7. The van der Waals surface area contributed by atoms with E-state index in [4.69, 9.17) is 0 Å². The van der Waals surface area contributed by atoms with E-state index in [0.717, 1.165) is 24.2 Å². The average Bonchev–Trinajstić information content (AvgIpc) is 2.79. The van der Waals surface area contributed by atoms with Crippen molar-refractivity contribution in [3.63, 3.8) is 0 Å². The molecule has 176 valence electrons. The average molecular weight is 451 g/mol. The summed E-state index contributed by atoms with van der Waals surface area (Å²) in [7, 11) is -0.358. The van der Waals surface area contributed by atoms with Crippen molar-refractivity contribution in [3.8, 4) is 5.75 Å². The van der Waals surface area contributed by atoms with Crippen LogP contribution in [0.25, 0.3) is 0 Å². The van der Waals surface area contributed by atoms with Gasteiger partial charge in [-0.05, 0) is 61.1 Å². The van der Waals surface area contributed by atoms with E-state index in [2.05, 4.69) is 11.7 Å². The van der Waals surface area contributed by atoms with Crippen molar-refractivity contribution in [2.45, 2.75) is 115 Å². The van der Waals surface area contributed by atoms with Gasteiger partial charge in [0, 0.05) is 8.80 Å². The largest absolute Gasteiger partial charge is 0.435 e. The van der Waals surface area contributed by atoms with Crippen molar-refractivity contribution >= 4 is 8.80 Å². The number of rotatable bonds is 12. The monoisotopic (exact) mass is 450 g/mol. The summed E-state index contributed by atoms with van der Waals surface area (Å²) < 4.78 is 28.9.